The number of nitrogens with one attached hydrogen (secondary N) is 2. The number of carbonyl (C=O) groups is 3. The van der Waals surface area contributed by atoms with Crippen molar-refractivity contribution in [3.8, 4) is 0 Å². The summed E-state index contributed by atoms with van der Waals surface area (Å²) in [7, 11) is 1.31. The Labute approximate surface area is 176 Å². The second-order valence-corrected chi connectivity index (χ2v) is 8.42. The van der Waals surface area contributed by atoms with E-state index in [0.717, 1.165) is 37.0 Å². The van der Waals surface area contributed by atoms with E-state index in [-0.39, 0.29) is 23.7 Å². The summed E-state index contributed by atoms with van der Waals surface area (Å²) in [5.74, 6) is -0.690. The van der Waals surface area contributed by atoms with Crippen LogP contribution in [0.5, 0.6) is 0 Å². The van der Waals surface area contributed by atoms with Gasteiger partial charge in [-0.3, -0.25) is 14.4 Å². The lowest BCUT2D eigenvalue weighted by Gasteiger charge is -2.14. The van der Waals surface area contributed by atoms with Crippen molar-refractivity contribution in [2.45, 2.75) is 98.2 Å². The van der Waals surface area contributed by atoms with Crippen molar-refractivity contribution in [2.75, 3.05) is 7.11 Å². The molecule has 1 amide bonds. The first kappa shape index (κ1) is 27.1. The third-order valence-electron chi connectivity index (χ3n) is 4.16. The molecule has 7 heteroatoms. The van der Waals surface area contributed by atoms with E-state index in [9.17, 15) is 14.4 Å². The quantitative estimate of drug-likeness (QED) is 0.474. The van der Waals surface area contributed by atoms with E-state index in [4.69, 9.17) is 5.73 Å². The first-order valence-corrected chi connectivity index (χ1v) is 10.6. The van der Waals surface area contributed by atoms with Gasteiger partial charge < -0.3 is 21.1 Å². The lowest BCUT2D eigenvalue weighted by atomic mass is 10.1. The lowest BCUT2D eigenvalue weighted by molar-refractivity contribution is -0.148. The highest BCUT2D eigenvalue weighted by Crippen LogP contribution is 2.24. The van der Waals surface area contributed by atoms with E-state index in [1.165, 1.54) is 7.11 Å². The van der Waals surface area contributed by atoms with Crippen molar-refractivity contribution >= 4 is 17.7 Å². The third kappa shape index (κ3) is 11.6. The van der Waals surface area contributed by atoms with Gasteiger partial charge >= 0.3 is 5.97 Å². The molecule has 29 heavy (non-hydrogen) atoms. The molecule has 0 aromatic heterocycles. The minimum absolute atomic E-state index is 0.0341. The molecule has 0 aliphatic heterocycles. The number of rotatable bonds is 5. The molecular weight excluding hydrogens is 370 g/mol. The molecule has 0 spiro atoms. The van der Waals surface area contributed by atoms with E-state index in [2.05, 4.69) is 29.2 Å². The Hall–Kier alpha value is -1.89. The van der Waals surface area contributed by atoms with Crippen molar-refractivity contribution in [1.82, 2.24) is 10.6 Å². The van der Waals surface area contributed by atoms with Crippen LogP contribution in [-0.4, -0.2) is 42.9 Å². The second kappa shape index (κ2) is 14.1. The van der Waals surface area contributed by atoms with Gasteiger partial charge in [-0.1, -0.05) is 13.8 Å². The van der Waals surface area contributed by atoms with Gasteiger partial charge in [-0.25, -0.2) is 0 Å². The Balaban J connectivity index is 0.000000481. The molecule has 1 atom stereocenters. The zero-order valence-electron chi connectivity index (χ0n) is 19.3. The molecule has 0 heterocycles. The number of Topliss-reactive ketones (excluding diaryl/α,β-unsaturated/α-hetero) is 1. The maximum absolute atomic E-state index is 11.8. The molecule has 0 aromatic carbocycles. The molecule has 4 N–H and O–H groups in total. The van der Waals surface area contributed by atoms with Gasteiger partial charge in [0.15, 0.2) is 0 Å². The van der Waals surface area contributed by atoms with Gasteiger partial charge in [0, 0.05) is 29.8 Å². The SMILES string of the molecule is CC(C)N.CC(C)NC(=O)C1=C(NC(C)C)CCC1.COC(=O)C1CCCC1=O. The number of allylic oxidation sites excluding steroid dienone is 1. The van der Waals surface area contributed by atoms with Crippen LogP contribution in [0.2, 0.25) is 0 Å². The predicted octanol–water partition coefficient (Wildman–Crippen LogP) is 2.83. The molecule has 1 fully saturated rings. The molecule has 7 nitrogen and oxygen atoms in total. The zero-order chi connectivity index (χ0) is 22.6. The Kier molecular flexibility index (Phi) is 13.2. The number of esters is 1. The summed E-state index contributed by atoms with van der Waals surface area (Å²) in [5, 5.41) is 6.32. The minimum atomic E-state index is -0.454. The summed E-state index contributed by atoms with van der Waals surface area (Å²) in [6, 6.07) is 0.950. The van der Waals surface area contributed by atoms with Crippen LogP contribution in [0.1, 0.15) is 80.1 Å². The van der Waals surface area contributed by atoms with E-state index in [1.807, 2.05) is 27.7 Å². The van der Waals surface area contributed by atoms with Crippen LogP contribution in [0, 0.1) is 5.92 Å². The van der Waals surface area contributed by atoms with Crippen LogP contribution in [0.3, 0.4) is 0 Å². The van der Waals surface area contributed by atoms with Crippen molar-refractivity contribution in [2.24, 2.45) is 11.7 Å². The number of ether oxygens (including phenoxy) is 1. The Morgan fingerprint density at radius 2 is 1.59 bits per heavy atom. The fourth-order valence-corrected chi connectivity index (χ4v) is 3.06. The first-order valence-electron chi connectivity index (χ1n) is 10.6. The number of nitrogens with two attached hydrogens (primary N) is 1. The molecule has 2 aliphatic rings. The Bertz CT molecular complexity index is 566. The van der Waals surface area contributed by atoms with Gasteiger partial charge in [-0.15, -0.1) is 0 Å². The van der Waals surface area contributed by atoms with Crippen molar-refractivity contribution in [1.29, 1.82) is 0 Å². The van der Waals surface area contributed by atoms with Gasteiger partial charge in [-0.2, -0.15) is 0 Å². The molecule has 0 aromatic rings. The monoisotopic (exact) mass is 411 g/mol. The highest BCUT2D eigenvalue weighted by Gasteiger charge is 2.31. The highest BCUT2D eigenvalue weighted by atomic mass is 16.5. The Morgan fingerprint density at radius 3 is 2.00 bits per heavy atom. The highest BCUT2D eigenvalue weighted by molar-refractivity contribution is 6.00. The fourth-order valence-electron chi connectivity index (χ4n) is 3.06. The van der Waals surface area contributed by atoms with Crippen LogP contribution in [0.15, 0.2) is 11.3 Å². The molecule has 2 rings (SSSR count). The minimum Gasteiger partial charge on any atom is -0.468 e. The number of carbonyl (C=O) groups excluding carboxylic acids is 3. The van der Waals surface area contributed by atoms with Gasteiger partial charge in [-0.05, 0) is 65.8 Å². The Morgan fingerprint density at radius 1 is 1.00 bits per heavy atom. The summed E-state index contributed by atoms with van der Waals surface area (Å²) in [6.45, 7) is 12.1. The van der Waals surface area contributed by atoms with Crippen molar-refractivity contribution in [3.05, 3.63) is 11.3 Å². The largest absolute Gasteiger partial charge is 0.468 e. The van der Waals surface area contributed by atoms with Gasteiger partial charge in [0.2, 0.25) is 5.91 Å². The summed E-state index contributed by atoms with van der Waals surface area (Å²) in [6.07, 6.45) is 5.06. The van der Waals surface area contributed by atoms with Crippen LogP contribution < -0.4 is 16.4 Å². The van der Waals surface area contributed by atoms with Crippen LogP contribution in [0.25, 0.3) is 0 Å². The first-order chi connectivity index (χ1) is 13.5. The predicted molar refractivity (Wildman–Crippen MR) is 116 cm³/mol. The number of hydrogen-bond acceptors (Lipinski definition) is 6. The molecule has 168 valence electrons. The fraction of sp³-hybridized carbons (Fsp3) is 0.773. The normalized spacial score (nSPS) is 18.3. The molecule has 1 unspecified atom stereocenters. The van der Waals surface area contributed by atoms with E-state index in [0.29, 0.717) is 24.9 Å². The summed E-state index contributed by atoms with van der Waals surface area (Å²) in [4.78, 5) is 33.5. The third-order valence-corrected chi connectivity index (χ3v) is 4.16. The molecule has 0 saturated heterocycles. The van der Waals surface area contributed by atoms with Gasteiger partial charge in [0.25, 0.3) is 0 Å². The second-order valence-electron chi connectivity index (χ2n) is 8.42. The van der Waals surface area contributed by atoms with E-state index >= 15 is 0 Å². The summed E-state index contributed by atoms with van der Waals surface area (Å²) < 4.78 is 4.44. The zero-order valence-corrected chi connectivity index (χ0v) is 19.3. The number of hydrogen-bond donors (Lipinski definition) is 3. The number of ketones is 1. The lowest BCUT2D eigenvalue weighted by Crippen LogP contribution is -2.33. The number of methoxy groups -OCH3 is 1. The van der Waals surface area contributed by atoms with Crippen LogP contribution in [0.4, 0.5) is 0 Å². The average molecular weight is 412 g/mol. The molecule has 0 radical (unpaired) electrons. The van der Waals surface area contributed by atoms with Crippen LogP contribution >= 0.6 is 0 Å². The smallest absolute Gasteiger partial charge is 0.316 e. The van der Waals surface area contributed by atoms with Gasteiger partial charge in [0.1, 0.15) is 11.7 Å². The maximum atomic E-state index is 11.8. The molecule has 0 bridgehead atoms. The number of amides is 1. The summed E-state index contributed by atoms with van der Waals surface area (Å²) in [5.41, 5.74) is 7.21. The average Bonchev–Trinajstić information content (AvgIpc) is 3.22. The topological polar surface area (TPSA) is 111 Å². The molecule has 2 aliphatic carbocycles. The van der Waals surface area contributed by atoms with E-state index < -0.39 is 5.92 Å². The van der Waals surface area contributed by atoms with E-state index in [1.54, 1.807) is 0 Å². The maximum Gasteiger partial charge on any atom is 0.316 e. The molecule has 1 saturated carbocycles. The van der Waals surface area contributed by atoms with Crippen molar-refractivity contribution < 1.29 is 19.1 Å². The molecular formula is C22H41N3O4. The van der Waals surface area contributed by atoms with Crippen molar-refractivity contribution in [3.63, 3.8) is 0 Å². The van der Waals surface area contributed by atoms with Crippen LogP contribution in [-0.2, 0) is 19.1 Å². The van der Waals surface area contributed by atoms with Gasteiger partial charge in [0.05, 0.1) is 7.11 Å². The standard InChI is InChI=1S/C12H22N2O.C7H10O3.C3H9N/c1-8(2)13-11-7-5-6-10(11)12(15)14-9(3)4;1-10-7(9)5-3-2-4-6(5)8;1-3(2)4/h8-9,13H,5-7H2,1-4H3,(H,14,15);5H,2-4H2,1H3;3H,4H2,1-2H3. The summed E-state index contributed by atoms with van der Waals surface area (Å²) >= 11 is 0.